The van der Waals surface area contributed by atoms with Gasteiger partial charge in [-0.25, -0.2) is 0 Å². The highest BCUT2D eigenvalue weighted by Crippen LogP contribution is 2.19. The molecule has 1 aromatic heterocycles. The Bertz CT molecular complexity index is 297. The molecule has 0 aliphatic carbocycles. The van der Waals surface area contributed by atoms with Gasteiger partial charge in [0.05, 0.1) is 0 Å². The zero-order valence-electron chi connectivity index (χ0n) is 8.03. The van der Waals surface area contributed by atoms with E-state index in [9.17, 15) is 0 Å². The molecule has 2 heterocycles. The van der Waals surface area contributed by atoms with E-state index in [1.807, 2.05) is 0 Å². The van der Waals surface area contributed by atoms with Crippen LogP contribution < -0.4 is 5.32 Å². The minimum atomic E-state index is 0.604. The highest BCUT2D eigenvalue weighted by Gasteiger charge is 2.20. The third-order valence-electron chi connectivity index (χ3n) is 2.57. The first kappa shape index (κ1) is 10.3. The Morgan fingerprint density at radius 2 is 2.57 bits per heavy atom. The molecule has 1 aliphatic rings. The fourth-order valence-electron chi connectivity index (χ4n) is 1.67. The van der Waals surface area contributed by atoms with Crippen molar-refractivity contribution >= 4 is 23.1 Å². The largest absolute Gasteiger partial charge is 0.315 e. The summed E-state index contributed by atoms with van der Waals surface area (Å²) in [6, 6.07) is 0.604. The standard InChI is InChI=1S/C8H13ClN4S/c1-13(6-2-3-10-4-6)5-7-8(9)14-12-11-7/h6,10H,2-5H2,1H3. The summed E-state index contributed by atoms with van der Waals surface area (Å²) >= 11 is 7.19. The molecule has 0 aromatic carbocycles. The molecule has 0 spiro atoms. The van der Waals surface area contributed by atoms with Crippen LogP contribution in [0.2, 0.25) is 4.34 Å². The smallest absolute Gasteiger partial charge is 0.138 e. The van der Waals surface area contributed by atoms with E-state index >= 15 is 0 Å². The number of hydrogen-bond acceptors (Lipinski definition) is 5. The van der Waals surface area contributed by atoms with Crippen LogP contribution >= 0.6 is 23.1 Å². The van der Waals surface area contributed by atoms with Crippen LogP contribution in [-0.2, 0) is 6.54 Å². The van der Waals surface area contributed by atoms with E-state index in [0.717, 1.165) is 25.3 Å². The molecule has 0 radical (unpaired) electrons. The van der Waals surface area contributed by atoms with E-state index in [4.69, 9.17) is 11.6 Å². The summed E-state index contributed by atoms with van der Waals surface area (Å²) in [6.45, 7) is 2.96. The highest BCUT2D eigenvalue weighted by atomic mass is 35.5. The van der Waals surface area contributed by atoms with Crippen LogP contribution in [0.4, 0.5) is 0 Å². The molecule has 4 nitrogen and oxygen atoms in total. The lowest BCUT2D eigenvalue weighted by atomic mass is 10.2. The van der Waals surface area contributed by atoms with Crippen molar-refractivity contribution in [1.82, 2.24) is 19.8 Å². The Morgan fingerprint density at radius 1 is 1.71 bits per heavy atom. The summed E-state index contributed by atoms with van der Waals surface area (Å²) < 4.78 is 4.53. The van der Waals surface area contributed by atoms with Crippen LogP contribution in [0, 0.1) is 0 Å². The molecule has 1 unspecified atom stereocenters. The number of aromatic nitrogens is 2. The van der Waals surface area contributed by atoms with Crippen LogP contribution in [0.25, 0.3) is 0 Å². The second kappa shape index (κ2) is 4.53. The molecule has 1 saturated heterocycles. The first-order valence-corrected chi connectivity index (χ1v) is 5.80. The minimum absolute atomic E-state index is 0.604. The zero-order valence-corrected chi connectivity index (χ0v) is 9.61. The molecule has 1 atom stereocenters. The van der Waals surface area contributed by atoms with E-state index in [0.29, 0.717) is 10.4 Å². The first-order valence-electron chi connectivity index (χ1n) is 4.65. The minimum Gasteiger partial charge on any atom is -0.315 e. The van der Waals surface area contributed by atoms with Gasteiger partial charge in [-0.1, -0.05) is 16.1 Å². The number of likely N-dealkylation sites (N-methyl/N-ethyl adjacent to an activating group) is 1. The van der Waals surface area contributed by atoms with Crippen molar-refractivity contribution in [2.24, 2.45) is 0 Å². The molecule has 78 valence electrons. The van der Waals surface area contributed by atoms with Gasteiger partial charge in [0.15, 0.2) is 0 Å². The van der Waals surface area contributed by atoms with Crippen molar-refractivity contribution < 1.29 is 0 Å². The van der Waals surface area contributed by atoms with Crippen LogP contribution in [0.15, 0.2) is 0 Å². The number of halogens is 1. The van der Waals surface area contributed by atoms with E-state index in [-0.39, 0.29) is 0 Å². The van der Waals surface area contributed by atoms with Gasteiger partial charge in [0.2, 0.25) is 0 Å². The van der Waals surface area contributed by atoms with Crippen LogP contribution in [0.1, 0.15) is 12.1 Å². The Hall–Kier alpha value is -0.230. The first-order chi connectivity index (χ1) is 6.77. The molecule has 14 heavy (non-hydrogen) atoms. The second-order valence-electron chi connectivity index (χ2n) is 3.56. The summed E-state index contributed by atoms with van der Waals surface area (Å²) in [5.41, 5.74) is 0.895. The van der Waals surface area contributed by atoms with Gasteiger partial charge in [-0.15, -0.1) is 5.10 Å². The van der Waals surface area contributed by atoms with Gasteiger partial charge in [-0.05, 0) is 20.0 Å². The summed E-state index contributed by atoms with van der Waals surface area (Å²) in [4.78, 5) is 2.28. The average Bonchev–Trinajstić information content (AvgIpc) is 2.77. The topological polar surface area (TPSA) is 41.1 Å². The second-order valence-corrected chi connectivity index (χ2v) is 4.91. The summed E-state index contributed by atoms with van der Waals surface area (Å²) in [6.07, 6.45) is 1.20. The third-order valence-corrected chi connectivity index (χ3v) is 3.55. The molecular formula is C8H13ClN4S. The number of rotatable bonds is 3. The molecule has 1 aliphatic heterocycles. The summed E-state index contributed by atoms with van der Waals surface area (Å²) in [7, 11) is 2.10. The quantitative estimate of drug-likeness (QED) is 0.844. The molecule has 0 saturated carbocycles. The van der Waals surface area contributed by atoms with Gasteiger partial charge in [-0.2, -0.15) is 0 Å². The zero-order chi connectivity index (χ0) is 9.97. The van der Waals surface area contributed by atoms with Gasteiger partial charge in [-0.3, -0.25) is 4.90 Å². The predicted molar refractivity (Wildman–Crippen MR) is 57.7 cm³/mol. The van der Waals surface area contributed by atoms with Crippen molar-refractivity contribution in [3.05, 3.63) is 10.0 Å². The van der Waals surface area contributed by atoms with Crippen LogP contribution in [0.3, 0.4) is 0 Å². The maximum atomic E-state index is 5.94. The van der Waals surface area contributed by atoms with Gasteiger partial charge in [0.25, 0.3) is 0 Å². The lowest BCUT2D eigenvalue weighted by molar-refractivity contribution is 0.246. The Labute approximate surface area is 92.4 Å². The van der Waals surface area contributed by atoms with Crippen molar-refractivity contribution in [1.29, 1.82) is 0 Å². The lowest BCUT2D eigenvalue weighted by Crippen LogP contribution is -2.33. The summed E-state index contributed by atoms with van der Waals surface area (Å²) in [5.74, 6) is 0. The maximum Gasteiger partial charge on any atom is 0.138 e. The Morgan fingerprint density at radius 3 is 3.14 bits per heavy atom. The fraction of sp³-hybridized carbons (Fsp3) is 0.750. The van der Waals surface area contributed by atoms with E-state index in [1.165, 1.54) is 18.0 Å². The highest BCUT2D eigenvalue weighted by molar-refractivity contribution is 7.10. The third kappa shape index (κ3) is 2.23. The lowest BCUT2D eigenvalue weighted by Gasteiger charge is -2.22. The molecule has 1 aromatic rings. The SMILES string of the molecule is CN(Cc1nnsc1Cl)C1CCNC1. The van der Waals surface area contributed by atoms with Crippen LogP contribution in [0.5, 0.6) is 0 Å². The van der Waals surface area contributed by atoms with Gasteiger partial charge >= 0.3 is 0 Å². The van der Waals surface area contributed by atoms with E-state index in [2.05, 4.69) is 26.9 Å². The molecular weight excluding hydrogens is 220 g/mol. The molecule has 0 amide bonds. The van der Waals surface area contributed by atoms with Crippen molar-refractivity contribution in [2.45, 2.75) is 19.0 Å². The van der Waals surface area contributed by atoms with Gasteiger partial charge < -0.3 is 5.32 Å². The normalized spacial score (nSPS) is 22.1. The summed E-state index contributed by atoms with van der Waals surface area (Å²) in [5, 5.41) is 7.34. The van der Waals surface area contributed by atoms with E-state index in [1.54, 1.807) is 0 Å². The fourth-order valence-corrected chi connectivity index (χ4v) is 2.28. The van der Waals surface area contributed by atoms with Crippen LogP contribution in [-0.4, -0.2) is 40.7 Å². The monoisotopic (exact) mass is 232 g/mol. The molecule has 6 heteroatoms. The van der Waals surface area contributed by atoms with Gasteiger partial charge in [0.1, 0.15) is 10.0 Å². The molecule has 1 fully saturated rings. The predicted octanol–water partition coefficient (Wildman–Crippen LogP) is 0.985. The number of nitrogens with zero attached hydrogens (tertiary/aromatic N) is 3. The number of hydrogen-bond donors (Lipinski definition) is 1. The molecule has 0 bridgehead atoms. The molecule has 2 rings (SSSR count). The van der Waals surface area contributed by atoms with Crippen molar-refractivity contribution in [2.75, 3.05) is 20.1 Å². The maximum absolute atomic E-state index is 5.94. The Balaban J connectivity index is 1.93. The number of nitrogens with one attached hydrogen (secondary N) is 1. The van der Waals surface area contributed by atoms with Crippen molar-refractivity contribution in [3.63, 3.8) is 0 Å². The Kier molecular flexibility index (Phi) is 3.33. The van der Waals surface area contributed by atoms with Crippen molar-refractivity contribution in [3.8, 4) is 0 Å². The average molecular weight is 233 g/mol. The molecule has 1 N–H and O–H groups in total. The van der Waals surface area contributed by atoms with Gasteiger partial charge in [0, 0.05) is 30.7 Å². The van der Waals surface area contributed by atoms with E-state index < -0.39 is 0 Å².